The normalized spacial score (nSPS) is 17.7. The summed E-state index contributed by atoms with van der Waals surface area (Å²) in [6, 6.07) is 9.78. The Morgan fingerprint density at radius 3 is 2.14 bits per heavy atom. The molecule has 4 aromatic rings. The summed E-state index contributed by atoms with van der Waals surface area (Å²) in [6.45, 7) is 16.0. The lowest BCUT2D eigenvalue weighted by molar-refractivity contribution is -0.145. The van der Waals surface area contributed by atoms with Gasteiger partial charge in [-0.2, -0.15) is 9.61 Å². The number of ether oxygens (including phenoxy) is 2. The molecule has 0 aliphatic heterocycles. The maximum absolute atomic E-state index is 14.4. The second-order valence-electron chi connectivity index (χ2n) is 15.4. The van der Waals surface area contributed by atoms with E-state index >= 15 is 0 Å². The molecule has 5 rings (SSSR count). The van der Waals surface area contributed by atoms with Crippen LogP contribution in [0.25, 0.3) is 28.3 Å². The van der Waals surface area contributed by atoms with E-state index in [4.69, 9.17) is 19.6 Å². The second-order valence-corrected chi connectivity index (χ2v) is 26.7. The van der Waals surface area contributed by atoms with E-state index in [-0.39, 0.29) is 5.92 Å². The summed E-state index contributed by atoms with van der Waals surface area (Å²) in [4.78, 5) is 31.9. The van der Waals surface area contributed by atoms with Gasteiger partial charge in [0.2, 0.25) is 0 Å². The van der Waals surface area contributed by atoms with Crippen molar-refractivity contribution in [2.24, 2.45) is 5.92 Å². The molecule has 1 aliphatic rings. The van der Waals surface area contributed by atoms with Gasteiger partial charge in [0, 0.05) is 82.7 Å². The Kier molecular flexibility index (Phi) is 11.9. The van der Waals surface area contributed by atoms with Crippen LogP contribution >= 0.6 is 0 Å². The highest BCUT2D eigenvalue weighted by Crippen LogP contribution is 2.39. The molecule has 14 heteroatoms. The van der Waals surface area contributed by atoms with Crippen LogP contribution in [0.5, 0.6) is 0 Å². The van der Waals surface area contributed by atoms with Gasteiger partial charge in [0.25, 0.3) is 0 Å². The fourth-order valence-electron chi connectivity index (χ4n) is 5.91. The minimum Gasteiger partial charge on any atom is -0.479 e. The highest BCUT2D eigenvalue weighted by atomic mass is 28.3. The molecule has 1 aliphatic carbocycles. The fourth-order valence-corrected chi connectivity index (χ4v) is 7.42. The molecule has 1 fully saturated rings. The predicted molar refractivity (Wildman–Crippen MR) is 195 cm³/mol. The van der Waals surface area contributed by atoms with Gasteiger partial charge in [-0.25, -0.2) is 24.1 Å². The Labute approximate surface area is 290 Å². The van der Waals surface area contributed by atoms with E-state index in [1.807, 2.05) is 16.6 Å². The molecule has 0 saturated heterocycles. The van der Waals surface area contributed by atoms with E-state index < -0.39 is 34.2 Å². The van der Waals surface area contributed by atoms with Crippen LogP contribution in [0.15, 0.2) is 49.1 Å². The van der Waals surface area contributed by atoms with Crippen molar-refractivity contribution in [1.29, 1.82) is 0 Å². The number of halogens is 1. The highest BCUT2D eigenvalue weighted by molar-refractivity contribution is 6.76. The molecule has 11 nitrogen and oxygen atoms in total. The van der Waals surface area contributed by atoms with Crippen molar-refractivity contribution < 1.29 is 23.8 Å². The van der Waals surface area contributed by atoms with Crippen molar-refractivity contribution in [1.82, 2.24) is 29.5 Å². The minimum atomic E-state index is -1.85. The molecule has 4 aromatic heterocycles. The zero-order chi connectivity index (χ0) is 35.2. The Morgan fingerprint density at radius 1 is 0.959 bits per heavy atom. The van der Waals surface area contributed by atoms with Gasteiger partial charge in [-0.1, -0.05) is 45.3 Å². The van der Waals surface area contributed by atoms with Gasteiger partial charge in [0.15, 0.2) is 17.6 Å². The number of rotatable bonds is 16. The number of aliphatic carboxylic acids is 1. The number of pyridine rings is 1. The van der Waals surface area contributed by atoms with Gasteiger partial charge in [0.05, 0.1) is 6.20 Å². The smallest absolute Gasteiger partial charge is 0.338 e. The first-order valence-corrected chi connectivity index (χ1v) is 24.6. The quantitative estimate of drug-likeness (QED) is 0.0716. The van der Waals surface area contributed by atoms with Gasteiger partial charge in [0.1, 0.15) is 25.0 Å². The Morgan fingerprint density at radius 2 is 1.59 bits per heavy atom. The zero-order valence-corrected chi connectivity index (χ0v) is 31.6. The Balaban J connectivity index is 1.50. The molecule has 0 radical (unpaired) electrons. The molecule has 1 saturated carbocycles. The summed E-state index contributed by atoms with van der Waals surface area (Å²) in [5.41, 5.74) is 3.86. The maximum Gasteiger partial charge on any atom is 0.338 e. The lowest BCUT2D eigenvalue weighted by Gasteiger charge is -2.30. The highest BCUT2D eigenvalue weighted by Gasteiger charge is 2.33. The number of aromatic nitrogens is 6. The number of alkyl halides is 1. The van der Waals surface area contributed by atoms with Crippen molar-refractivity contribution in [3.05, 3.63) is 54.7 Å². The first kappa shape index (κ1) is 36.7. The number of hydrogen-bond donors (Lipinski definition) is 1. The summed E-state index contributed by atoms with van der Waals surface area (Å²) in [7, 11) is -2.58. The third-order valence-electron chi connectivity index (χ3n) is 8.99. The van der Waals surface area contributed by atoms with Crippen molar-refractivity contribution in [2.75, 3.05) is 31.6 Å². The van der Waals surface area contributed by atoms with Gasteiger partial charge >= 0.3 is 5.97 Å². The molecule has 264 valence electrons. The van der Waals surface area contributed by atoms with Crippen LogP contribution in [0.3, 0.4) is 0 Å². The summed E-state index contributed by atoms with van der Waals surface area (Å²) in [5.74, 6) is -0.486. The molecular weight excluding hydrogens is 658 g/mol. The topological polar surface area (TPSA) is 128 Å². The zero-order valence-electron chi connectivity index (χ0n) is 29.6. The van der Waals surface area contributed by atoms with Crippen molar-refractivity contribution in [3.63, 3.8) is 0 Å². The first-order valence-electron chi connectivity index (χ1n) is 17.2. The average Bonchev–Trinajstić information content (AvgIpc) is 3.50. The van der Waals surface area contributed by atoms with Crippen molar-refractivity contribution >= 4 is 33.6 Å². The van der Waals surface area contributed by atoms with Crippen LogP contribution in [0.1, 0.15) is 37.3 Å². The van der Waals surface area contributed by atoms with Crippen LogP contribution in [0, 0.1) is 5.92 Å². The van der Waals surface area contributed by atoms with Gasteiger partial charge in [-0.3, -0.25) is 4.98 Å². The number of carboxylic acids is 1. The summed E-state index contributed by atoms with van der Waals surface area (Å²) in [6.07, 6.45) is 7.40. The standard InChI is InChI=1S/C35H50FN7O4Si2/c1-48(2,3)18-16-46-23-42(24-47-17-19-49(4,5)6)31-20-30(25-8-10-26(11-9-25)32(36)35(44)45)41-34-28(22-40-43(31)34)27-12-13-29(39-21-27)33-37-14-7-15-38-33/h7,12-15,20-22,25-26,32H,8-11,16-19,23-24H2,1-6H3,(H,44,45)/t25-,26-,32?. The van der Waals surface area contributed by atoms with Gasteiger partial charge in [-0.05, 0) is 49.9 Å². The number of fused-ring (bicyclic) bond motifs is 1. The number of anilines is 1. The van der Waals surface area contributed by atoms with Crippen LogP contribution in [0.4, 0.5) is 10.2 Å². The lowest BCUT2D eigenvalue weighted by atomic mass is 9.78. The molecule has 0 aromatic carbocycles. The first-order chi connectivity index (χ1) is 23.3. The molecule has 4 heterocycles. The number of nitrogens with zero attached hydrogens (tertiary/aromatic N) is 7. The summed E-state index contributed by atoms with van der Waals surface area (Å²) in [5, 5.41) is 14.1. The van der Waals surface area contributed by atoms with Crippen LogP contribution in [-0.2, 0) is 14.3 Å². The van der Waals surface area contributed by atoms with Gasteiger partial charge < -0.3 is 19.5 Å². The molecule has 1 unspecified atom stereocenters. The third kappa shape index (κ3) is 9.99. The van der Waals surface area contributed by atoms with E-state index in [1.165, 1.54) is 0 Å². The number of carboxylic acid groups (broad SMARTS) is 1. The number of hydrogen-bond acceptors (Lipinski definition) is 9. The average molecular weight is 708 g/mol. The summed E-state index contributed by atoms with van der Waals surface area (Å²) >= 11 is 0. The monoisotopic (exact) mass is 707 g/mol. The van der Waals surface area contributed by atoms with Gasteiger partial charge in [-0.15, -0.1) is 0 Å². The van der Waals surface area contributed by atoms with Crippen molar-refractivity contribution in [2.45, 2.75) is 89.1 Å². The van der Waals surface area contributed by atoms with Crippen LogP contribution in [0.2, 0.25) is 51.4 Å². The molecular formula is C35H50FN7O4Si2. The van der Waals surface area contributed by atoms with E-state index in [9.17, 15) is 14.3 Å². The molecule has 1 atom stereocenters. The van der Waals surface area contributed by atoms with E-state index in [0.717, 1.165) is 34.7 Å². The molecule has 49 heavy (non-hydrogen) atoms. The number of carbonyl (C=O) groups is 1. The second kappa shape index (κ2) is 16.0. The van der Waals surface area contributed by atoms with E-state index in [0.29, 0.717) is 69.5 Å². The summed E-state index contributed by atoms with van der Waals surface area (Å²) < 4.78 is 28.8. The van der Waals surface area contributed by atoms with E-state index in [2.05, 4.69) is 65.2 Å². The Bertz CT molecular complexity index is 1650. The Hall–Kier alpha value is -3.60. The largest absolute Gasteiger partial charge is 0.479 e. The minimum absolute atomic E-state index is 0.0435. The molecule has 0 spiro atoms. The van der Waals surface area contributed by atoms with Crippen LogP contribution in [-0.4, -0.2) is 89.6 Å². The lowest BCUT2D eigenvalue weighted by Crippen LogP contribution is -2.33. The predicted octanol–water partition coefficient (Wildman–Crippen LogP) is 7.38. The maximum atomic E-state index is 14.4. The SMILES string of the molecule is C[Si](C)(C)CCOCN(COCC[Si](C)(C)C)c1cc([C@H]2CC[C@H](C(F)C(=O)O)CC2)nc2c(-c3ccc(-c4ncccn4)nc3)cnn12. The molecule has 1 N–H and O–H groups in total. The van der Waals surface area contributed by atoms with Crippen molar-refractivity contribution in [3.8, 4) is 22.6 Å². The molecule has 0 bridgehead atoms. The molecule has 0 amide bonds. The fraction of sp³-hybridized carbons (Fsp3) is 0.543. The van der Waals surface area contributed by atoms with E-state index in [1.54, 1.807) is 30.9 Å². The van der Waals surface area contributed by atoms with Crippen LogP contribution < -0.4 is 4.90 Å². The third-order valence-corrected chi connectivity index (χ3v) is 12.4.